The van der Waals surface area contributed by atoms with Gasteiger partial charge in [-0.15, -0.1) is 20.1 Å². The van der Waals surface area contributed by atoms with Crippen LogP contribution in [0.4, 0.5) is 0 Å². The van der Waals surface area contributed by atoms with Gasteiger partial charge in [0.15, 0.2) is 0 Å². The zero-order valence-electron chi connectivity index (χ0n) is 33.7. The number of rotatable bonds is 11. The molecule has 10 rings (SSSR count). The summed E-state index contributed by atoms with van der Waals surface area (Å²) in [6, 6.07) is 101. The number of benzene rings is 9. The molecular formula is C58H45NS2. The Morgan fingerprint density at radius 3 is 0.639 bits per heavy atom. The molecule has 61 heavy (non-hydrogen) atoms. The number of nitrogens with zero attached hydrogens (tertiary/aromatic N) is 1. The van der Waals surface area contributed by atoms with E-state index < -0.39 is 20.1 Å². The largest absolute Gasteiger partial charge is 0.307 e. The first-order valence-electron chi connectivity index (χ1n) is 20.7. The van der Waals surface area contributed by atoms with Gasteiger partial charge >= 0.3 is 0 Å². The van der Waals surface area contributed by atoms with Crippen molar-refractivity contribution in [1.29, 1.82) is 0 Å². The first kappa shape index (κ1) is 38.2. The number of hydrogen-bond donors (Lipinski definition) is 0. The van der Waals surface area contributed by atoms with Crippen LogP contribution in [0.3, 0.4) is 0 Å². The molecule has 1 heterocycles. The summed E-state index contributed by atoms with van der Waals surface area (Å²) >= 11 is 0. The molecule has 0 aliphatic carbocycles. The van der Waals surface area contributed by atoms with Crippen LogP contribution < -0.4 is 0 Å². The molecule has 0 unspecified atom stereocenters. The molecule has 0 N–H and O–H groups in total. The highest BCUT2D eigenvalue weighted by Gasteiger charge is 2.48. The summed E-state index contributed by atoms with van der Waals surface area (Å²) in [7, 11) is -4.69. The molecule has 0 fully saturated rings. The molecule has 294 valence electrons. The molecule has 0 spiro atoms. The van der Waals surface area contributed by atoms with Crippen LogP contribution in [0.15, 0.2) is 312 Å². The van der Waals surface area contributed by atoms with E-state index in [1.165, 1.54) is 50.6 Å². The van der Waals surface area contributed by atoms with E-state index in [9.17, 15) is 0 Å². The van der Waals surface area contributed by atoms with Gasteiger partial charge in [0.25, 0.3) is 0 Å². The third-order valence-corrected chi connectivity index (χ3v) is 19.4. The minimum Gasteiger partial charge on any atom is -0.307 e. The smallest absolute Gasteiger partial charge is 0.0677 e. The van der Waals surface area contributed by atoms with Crippen molar-refractivity contribution in [1.82, 2.24) is 4.57 Å². The maximum atomic E-state index is 2.61. The van der Waals surface area contributed by atoms with Gasteiger partial charge in [0, 0.05) is 44.9 Å². The van der Waals surface area contributed by atoms with E-state index in [0.717, 1.165) is 16.8 Å². The van der Waals surface area contributed by atoms with Crippen molar-refractivity contribution < 1.29 is 0 Å². The van der Waals surface area contributed by atoms with Gasteiger partial charge in [-0.3, -0.25) is 0 Å². The Labute approximate surface area is 362 Å². The zero-order valence-corrected chi connectivity index (χ0v) is 35.4. The second-order valence-electron chi connectivity index (χ2n) is 14.9. The topological polar surface area (TPSA) is 4.93 Å². The average Bonchev–Trinajstić information content (AvgIpc) is 3.71. The van der Waals surface area contributed by atoms with Gasteiger partial charge in [0.2, 0.25) is 0 Å². The Hall–Kier alpha value is -7.04. The molecule has 1 aromatic heterocycles. The van der Waals surface area contributed by atoms with Gasteiger partial charge in [-0.25, -0.2) is 0 Å². The van der Waals surface area contributed by atoms with Crippen LogP contribution in [-0.2, 0) is 0 Å². The average molecular weight is 820 g/mol. The summed E-state index contributed by atoms with van der Waals surface area (Å²) in [5.41, 5.74) is 5.80. The molecule has 3 heteroatoms. The summed E-state index contributed by atoms with van der Waals surface area (Å²) in [6.07, 6.45) is 0. The highest BCUT2D eigenvalue weighted by Crippen LogP contribution is 2.84. The lowest BCUT2D eigenvalue weighted by molar-refractivity contribution is 1.08. The van der Waals surface area contributed by atoms with E-state index in [-0.39, 0.29) is 0 Å². The van der Waals surface area contributed by atoms with E-state index in [1.807, 2.05) is 0 Å². The summed E-state index contributed by atoms with van der Waals surface area (Å²) in [4.78, 5) is 10.3. The molecule has 1 nitrogen and oxygen atoms in total. The van der Waals surface area contributed by atoms with Crippen molar-refractivity contribution in [2.75, 3.05) is 0 Å². The fourth-order valence-corrected chi connectivity index (χ4v) is 17.9. The molecule has 0 amide bonds. The van der Waals surface area contributed by atoms with Crippen LogP contribution >= 0.6 is 20.1 Å². The summed E-state index contributed by atoms with van der Waals surface area (Å²) < 4.78 is 2.61. The Morgan fingerprint density at radius 1 is 0.213 bits per heavy atom. The fraction of sp³-hybridized carbons (Fsp3) is 0. The Kier molecular flexibility index (Phi) is 10.6. The second-order valence-corrected chi connectivity index (χ2v) is 21.0. The lowest BCUT2D eigenvalue weighted by Gasteiger charge is -2.48. The second kappa shape index (κ2) is 16.9. The van der Waals surface area contributed by atoms with Gasteiger partial charge in [0.05, 0.1) is 11.4 Å². The predicted octanol–water partition coefficient (Wildman–Crippen LogP) is 16.5. The predicted molar refractivity (Wildman–Crippen MR) is 257 cm³/mol. The van der Waals surface area contributed by atoms with Crippen molar-refractivity contribution in [2.24, 2.45) is 0 Å². The Morgan fingerprint density at radius 2 is 0.410 bits per heavy atom. The molecule has 10 aromatic rings. The molecule has 9 aromatic carbocycles. The van der Waals surface area contributed by atoms with Crippen LogP contribution in [-0.4, -0.2) is 4.57 Å². The third-order valence-electron chi connectivity index (χ3n) is 11.4. The SMILES string of the molecule is c1ccc(-c2c(S(c3ccccc3)(c3ccccc3)c3ccccc3)c(S(c3ccccc3)(c3ccccc3)c3ccccc3)c(-c3ccccc3)n2-c2ccccc2)cc1. The molecule has 0 saturated heterocycles. The standard InChI is InChI=1S/C58H45NS2/c1-10-28-46(29-11-1)55-57(60(49-34-16-4-17-35-49,50-36-18-5-19-37-50)51-38-20-6-21-39-51)58(56(47-30-12-2-13-31-47)59(55)48-32-14-3-15-33-48)61(52-40-22-7-23-41-52,53-42-24-8-25-43-53)54-44-26-9-27-45-54/h1-45H. The van der Waals surface area contributed by atoms with Gasteiger partial charge in [-0.05, 0) is 96.1 Å². The van der Waals surface area contributed by atoms with E-state index in [0.29, 0.717) is 0 Å². The van der Waals surface area contributed by atoms with Crippen LogP contribution in [0.2, 0.25) is 0 Å². The number of aromatic nitrogens is 1. The maximum absolute atomic E-state index is 2.61. The number of hydrogen-bond acceptors (Lipinski definition) is 0. The molecule has 0 bridgehead atoms. The van der Waals surface area contributed by atoms with Crippen molar-refractivity contribution in [3.05, 3.63) is 273 Å². The third kappa shape index (κ3) is 6.55. The molecule has 0 radical (unpaired) electrons. The Bertz CT molecular complexity index is 2580. The van der Waals surface area contributed by atoms with Crippen LogP contribution in [0.5, 0.6) is 0 Å². The van der Waals surface area contributed by atoms with Crippen molar-refractivity contribution in [3.63, 3.8) is 0 Å². The van der Waals surface area contributed by atoms with Gasteiger partial charge in [0.1, 0.15) is 0 Å². The fourth-order valence-electron chi connectivity index (χ4n) is 8.92. The first-order chi connectivity index (χ1) is 30.3. The summed E-state index contributed by atoms with van der Waals surface area (Å²) in [6.45, 7) is 0. The summed E-state index contributed by atoms with van der Waals surface area (Å²) in [5, 5.41) is 0. The summed E-state index contributed by atoms with van der Waals surface area (Å²) in [5.74, 6) is 0. The van der Waals surface area contributed by atoms with E-state index in [4.69, 9.17) is 0 Å². The van der Waals surface area contributed by atoms with Crippen LogP contribution in [0.1, 0.15) is 0 Å². The minimum atomic E-state index is -2.35. The first-order valence-corrected chi connectivity index (χ1v) is 24.0. The zero-order chi connectivity index (χ0) is 40.9. The highest BCUT2D eigenvalue weighted by atomic mass is 32.3. The normalized spacial score (nSPS) is 12.1. The van der Waals surface area contributed by atoms with Gasteiger partial charge < -0.3 is 4.57 Å². The van der Waals surface area contributed by atoms with Crippen LogP contribution in [0, 0.1) is 0 Å². The maximum Gasteiger partial charge on any atom is 0.0677 e. The molecule has 0 aliphatic heterocycles. The quantitative estimate of drug-likeness (QED) is 0.123. The van der Waals surface area contributed by atoms with E-state index in [2.05, 4.69) is 278 Å². The van der Waals surface area contributed by atoms with Crippen molar-refractivity contribution in [3.8, 4) is 28.2 Å². The molecule has 0 atom stereocenters. The molecule has 0 aliphatic rings. The lowest BCUT2D eigenvalue weighted by Crippen LogP contribution is -2.12. The van der Waals surface area contributed by atoms with Gasteiger partial charge in [-0.1, -0.05) is 188 Å². The minimum absolute atomic E-state index is 1.11. The molecular weight excluding hydrogens is 775 g/mol. The monoisotopic (exact) mass is 819 g/mol. The lowest BCUT2D eigenvalue weighted by atomic mass is 10.1. The highest BCUT2D eigenvalue weighted by molar-refractivity contribution is 8.36. The molecule has 0 saturated carbocycles. The number of para-hydroxylation sites is 1. The Balaban J connectivity index is 1.61. The van der Waals surface area contributed by atoms with E-state index >= 15 is 0 Å². The van der Waals surface area contributed by atoms with E-state index in [1.54, 1.807) is 0 Å². The van der Waals surface area contributed by atoms with Crippen LogP contribution in [0.25, 0.3) is 28.2 Å². The van der Waals surface area contributed by atoms with Gasteiger partial charge in [-0.2, -0.15) is 0 Å². The van der Waals surface area contributed by atoms with Crippen molar-refractivity contribution >= 4 is 20.1 Å². The van der Waals surface area contributed by atoms with Crippen molar-refractivity contribution in [2.45, 2.75) is 39.2 Å².